The monoisotopic (exact) mass is 974 g/mol. The molecule has 0 saturated carbocycles. The number of para-hydroxylation sites is 3. The number of furan rings is 1. The van der Waals surface area contributed by atoms with E-state index in [-0.39, 0.29) is 25.5 Å². The number of nitrogens with zero attached hydrogens (tertiary/aromatic N) is 3. The van der Waals surface area contributed by atoms with Crippen molar-refractivity contribution < 1.29 is 24.5 Å². The van der Waals surface area contributed by atoms with Crippen molar-refractivity contribution in [2.24, 2.45) is 5.41 Å². The van der Waals surface area contributed by atoms with Crippen LogP contribution in [0.2, 0.25) is 19.6 Å². The number of rotatable bonds is 6. The number of imidazole rings is 1. The van der Waals surface area contributed by atoms with Crippen molar-refractivity contribution in [1.82, 2.24) is 14.5 Å². The first-order valence-electron chi connectivity index (χ1n) is 20.4. The minimum Gasteiger partial charge on any atom is -0.501 e. The molecule has 0 saturated heterocycles. The molecule has 299 valence electrons. The minimum atomic E-state index is -1.37. The van der Waals surface area contributed by atoms with Gasteiger partial charge in [0.05, 0.1) is 36.2 Å². The first kappa shape index (κ1) is 40.8. The molecule has 7 aromatic carbocycles. The van der Waals surface area contributed by atoms with Gasteiger partial charge in [-0.05, 0) is 51.9 Å². The molecule has 3 heterocycles. The minimum absolute atomic E-state index is 0. The third-order valence-corrected chi connectivity index (χ3v) is 12.9. The molecule has 60 heavy (non-hydrogen) atoms. The zero-order valence-corrected chi connectivity index (χ0v) is 38.3. The Bertz CT molecular complexity index is 3100. The van der Waals surface area contributed by atoms with Crippen molar-refractivity contribution in [1.29, 1.82) is 0 Å². The Hall–Kier alpha value is -5.91. The van der Waals surface area contributed by atoms with E-state index in [0.717, 1.165) is 84.2 Å². The van der Waals surface area contributed by atoms with E-state index in [1.807, 2.05) is 48.5 Å². The molecule has 0 aliphatic heterocycles. The van der Waals surface area contributed by atoms with Crippen LogP contribution in [0.4, 0.5) is 0 Å². The average molecular weight is 974 g/mol. The maximum atomic E-state index is 6.44. The normalized spacial score (nSPS) is 11.8. The molecule has 0 N–H and O–H groups in total. The van der Waals surface area contributed by atoms with Gasteiger partial charge in [0.1, 0.15) is 5.58 Å². The second-order valence-electron chi connectivity index (χ2n) is 17.5. The van der Waals surface area contributed by atoms with Crippen molar-refractivity contribution in [3.8, 4) is 39.5 Å². The smallest absolute Gasteiger partial charge is 0.120 e. The Kier molecular flexibility index (Phi) is 11.3. The second-order valence-corrected chi connectivity index (χ2v) is 22.5. The largest absolute Gasteiger partial charge is 0.501 e. The topological polar surface area (TPSA) is 43.9 Å². The number of hydrogen-bond donors (Lipinski definition) is 0. The van der Waals surface area contributed by atoms with Gasteiger partial charge in [-0.3, -0.25) is 4.98 Å². The van der Waals surface area contributed by atoms with Gasteiger partial charge in [0.2, 0.25) is 0 Å². The summed E-state index contributed by atoms with van der Waals surface area (Å²) in [4.78, 5) is 9.90. The van der Waals surface area contributed by atoms with Gasteiger partial charge >= 0.3 is 0 Å². The number of hydrogen-bond acceptors (Lipinski definition) is 3. The predicted octanol–water partition coefficient (Wildman–Crippen LogP) is 13.9. The SMILES string of the molecule is CC(C)(C)Cc1cc(-c2[c-]cccc2)ncc1[Si](C)(C)C.[Ir].[c-]1ccc2c(oc3ccccc32)c1-c1nc2ccccc2n1-c1c(-c2ccccc2)ccc2ccccc12. The van der Waals surface area contributed by atoms with Crippen molar-refractivity contribution in [3.63, 3.8) is 0 Å². The molecule has 0 aliphatic carbocycles. The Labute approximate surface area is 367 Å². The van der Waals surface area contributed by atoms with Gasteiger partial charge in [-0.25, -0.2) is 0 Å². The van der Waals surface area contributed by atoms with E-state index in [4.69, 9.17) is 14.4 Å². The van der Waals surface area contributed by atoms with Crippen LogP contribution in [0.3, 0.4) is 0 Å². The van der Waals surface area contributed by atoms with Gasteiger partial charge in [-0.2, -0.15) is 0 Å². The summed E-state index contributed by atoms with van der Waals surface area (Å²) in [6.45, 7) is 14.1. The van der Waals surface area contributed by atoms with E-state index >= 15 is 0 Å². The molecule has 10 aromatic rings. The van der Waals surface area contributed by atoms with Crippen LogP contribution in [0.1, 0.15) is 26.3 Å². The van der Waals surface area contributed by atoms with Crippen LogP contribution in [0.25, 0.3) is 83.2 Å². The third-order valence-electron chi connectivity index (χ3n) is 10.8. The first-order chi connectivity index (χ1) is 28.5. The fraction of sp³-hybridized carbons (Fsp3) is 0.148. The van der Waals surface area contributed by atoms with Crippen LogP contribution in [0.15, 0.2) is 168 Å². The van der Waals surface area contributed by atoms with E-state index in [2.05, 4.69) is 173 Å². The number of benzene rings is 7. The molecular weight excluding hydrogens is 927 g/mol. The molecule has 1 radical (unpaired) electrons. The first-order valence-corrected chi connectivity index (χ1v) is 23.9. The van der Waals surface area contributed by atoms with Crippen molar-refractivity contribution in [2.75, 3.05) is 0 Å². The predicted molar refractivity (Wildman–Crippen MR) is 250 cm³/mol. The fourth-order valence-electron chi connectivity index (χ4n) is 8.21. The summed E-state index contributed by atoms with van der Waals surface area (Å²) in [5, 5.41) is 5.98. The summed E-state index contributed by atoms with van der Waals surface area (Å²) in [7, 11) is -1.37. The molecule has 0 amide bonds. The maximum Gasteiger partial charge on any atom is 0.120 e. The number of aromatic nitrogens is 3. The molecule has 3 aromatic heterocycles. The molecule has 0 unspecified atom stereocenters. The Morgan fingerprint density at radius 1 is 0.683 bits per heavy atom. The molecule has 0 fully saturated rings. The molecular formula is C54H47IrN3OSi-2. The van der Waals surface area contributed by atoms with E-state index < -0.39 is 8.07 Å². The van der Waals surface area contributed by atoms with Crippen LogP contribution in [-0.4, -0.2) is 22.6 Å². The summed E-state index contributed by atoms with van der Waals surface area (Å²) < 4.78 is 8.73. The average Bonchev–Trinajstić information content (AvgIpc) is 3.82. The Morgan fingerprint density at radius 2 is 1.40 bits per heavy atom. The zero-order chi connectivity index (χ0) is 40.7. The summed E-state index contributed by atoms with van der Waals surface area (Å²) in [6, 6.07) is 61.2. The molecule has 0 bridgehead atoms. The molecule has 10 rings (SSSR count). The van der Waals surface area contributed by atoms with Crippen LogP contribution in [0, 0.1) is 17.5 Å². The van der Waals surface area contributed by atoms with Crippen LogP contribution in [-0.2, 0) is 26.5 Å². The van der Waals surface area contributed by atoms with Crippen LogP contribution in [0.5, 0.6) is 0 Å². The van der Waals surface area contributed by atoms with E-state index in [1.54, 1.807) is 0 Å². The van der Waals surface area contributed by atoms with Crippen LogP contribution >= 0.6 is 0 Å². The maximum absolute atomic E-state index is 6.44. The quantitative estimate of drug-likeness (QED) is 0.123. The molecule has 4 nitrogen and oxygen atoms in total. The van der Waals surface area contributed by atoms with Gasteiger partial charge in [-0.1, -0.05) is 160 Å². The zero-order valence-electron chi connectivity index (χ0n) is 34.9. The molecule has 6 heteroatoms. The Balaban J connectivity index is 0.000000194. The summed E-state index contributed by atoms with van der Waals surface area (Å²) in [5.41, 5.74) is 11.7. The summed E-state index contributed by atoms with van der Waals surface area (Å²) in [6.07, 6.45) is 3.21. The summed E-state index contributed by atoms with van der Waals surface area (Å²) >= 11 is 0. The van der Waals surface area contributed by atoms with Gasteiger partial charge in [-0.15, -0.1) is 54.1 Å². The van der Waals surface area contributed by atoms with Gasteiger partial charge in [0, 0.05) is 42.6 Å². The van der Waals surface area contributed by atoms with Crippen molar-refractivity contribution in [2.45, 2.75) is 46.8 Å². The van der Waals surface area contributed by atoms with E-state index in [1.165, 1.54) is 16.1 Å². The molecule has 0 aliphatic rings. The molecule has 0 atom stereocenters. The number of pyridine rings is 1. The number of fused-ring (bicyclic) bond motifs is 5. The molecule has 0 spiro atoms. The fourth-order valence-corrected chi connectivity index (χ4v) is 9.79. The van der Waals surface area contributed by atoms with Crippen molar-refractivity contribution >= 4 is 57.0 Å². The van der Waals surface area contributed by atoms with Gasteiger partial charge in [0.15, 0.2) is 0 Å². The van der Waals surface area contributed by atoms with E-state index in [0.29, 0.717) is 0 Å². The van der Waals surface area contributed by atoms with Gasteiger partial charge in [0.25, 0.3) is 0 Å². The summed E-state index contributed by atoms with van der Waals surface area (Å²) in [5.74, 6) is 0.810. The van der Waals surface area contributed by atoms with Crippen LogP contribution < -0.4 is 5.19 Å². The standard InChI is InChI=1S/C35H21N2O.C19H26NSi.Ir/c1-2-11-23(12-3-1)26-22-21-24-13-4-5-14-25(24)33(26)37-31-19-8-7-18-30(31)36-35(37)29-17-10-16-28-27-15-6-9-20-32(27)38-34(28)29;1-19(2,3)13-16-12-17(15-10-8-7-9-11-15)20-14-18(16)21(4,5)6;/h1-16,18-22H;7-10,12,14H,13H2,1-6H3;/q2*-1;. The third kappa shape index (κ3) is 8.03. The van der Waals surface area contributed by atoms with Gasteiger partial charge < -0.3 is 14.0 Å². The second kappa shape index (κ2) is 16.6. The Morgan fingerprint density at radius 3 is 2.17 bits per heavy atom. The van der Waals surface area contributed by atoms with Crippen molar-refractivity contribution in [3.05, 3.63) is 182 Å². The van der Waals surface area contributed by atoms with E-state index in [9.17, 15) is 0 Å².